The third-order valence-electron chi connectivity index (χ3n) is 6.88. The van der Waals surface area contributed by atoms with E-state index in [0.717, 1.165) is 10.8 Å². The van der Waals surface area contributed by atoms with E-state index >= 15 is 0 Å². The largest absolute Gasteiger partial charge is 0.497 e. The van der Waals surface area contributed by atoms with E-state index in [1.165, 1.54) is 14.2 Å². The molecule has 6 rings (SSSR count). The summed E-state index contributed by atoms with van der Waals surface area (Å²) in [4.78, 5) is 31.3. The number of hydrogen-bond acceptors (Lipinski definition) is 7. The minimum absolute atomic E-state index is 0.235. The number of aromatic nitrogens is 2. The van der Waals surface area contributed by atoms with Crippen LogP contribution in [-0.4, -0.2) is 42.7 Å². The monoisotopic (exact) mass is 523 g/mol. The second kappa shape index (κ2) is 9.36. The molecule has 1 atom stereocenters. The zero-order chi connectivity index (χ0) is 27.3. The van der Waals surface area contributed by atoms with Crippen molar-refractivity contribution >= 4 is 49.7 Å². The maximum Gasteiger partial charge on any atom is 0.267 e. The number of nitrogens with one attached hydrogen (secondary N) is 1. The zero-order valence-electron chi connectivity index (χ0n) is 21.8. The third kappa shape index (κ3) is 3.82. The Labute approximate surface area is 222 Å². The van der Waals surface area contributed by atoms with Crippen molar-refractivity contribution in [1.82, 2.24) is 9.38 Å². The van der Waals surface area contributed by atoms with E-state index in [1.54, 1.807) is 61.0 Å². The molecule has 0 spiro atoms. The summed E-state index contributed by atoms with van der Waals surface area (Å²) in [5, 5.41) is 5.57. The molecule has 0 aliphatic carbocycles. The number of anilines is 1. The van der Waals surface area contributed by atoms with Crippen LogP contribution in [0.2, 0.25) is 0 Å². The quantitative estimate of drug-likeness (QED) is 0.293. The first-order chi connectivity index (χ1) is 18.9. The topological polar surface area (TPSA) is 100 Å². The van der Waals surface area contributed by atoms with Crippen LogP contribution in [0.3, 0.4) is 0 Å². The first-order valence-electron chi connectivity index (χ1n) is 12.3. The van der Waals surface area contributed by atoms with Crippen LogP contribution in [0.15, 0.2) is 71.7 Å². The van der Waals surface area contributed by atoms with Crippen LogP contribution in [-0.2, 0) is 4.79 Å². The standard InChI is InChI=1S/C30H25N3O6/c1-16(29(34)32-17-6-5-7-18(14-17)36-2)39-19-8-10-23-22(15-19)20-12-13-31-26-21-9-11-24(37-3)28(38-4)25(21)30(35)33(23)27(20)26/h5-16H,1-4H3,(H,32,34). The molecule has 0 saturated carbocycles. The molecule has 9 heteroatoms. The zero-order valence-corrected chi connectivity index (χ0v) is 21.8. The first-order valence-corrected chi connectivity index (χ1v) is 12.3. The Morgan fingerprint density at radius 3 is 2.51 bits per heavy atom. The summed E-state index contributed by atoms with van der Waals surface area (Å²) in [6.45, 7) is 1.68. The van der Waals surface area contributed by atoms with Crippen LogP contribution in [0.5, 0.6) is 23.0 Å². The first kappa shape index (κ1) is 24.3. The van der Waals surface area contributed by atoms with Gasteiger partial charge in [0.25, 0.3) is 11.5 Å². The number of nitrogens with zero attached hydrogens (tertiary/aromatic N) is 2. The number of carbonyl (C=O) groups is 1. The van der Waals surface area contributed by atoms with Gasteiger partial charge in [0.1, 0.15) is 11.5 Å². The average Bonchev–Trinajstić information content (AvgIpc) is 3.29. The highest BCUT2D eigenvalue weighted by Crippen LogP contribution is 2.39. The molecule has 9 nitrogen and oxygen atoms in total. The molecule has 0 fully saturated rings. The predicted molar refractivity (Wildman–Crippen MR) is 150 cm³/mol. The fraction of sp³-hybridized carbons (Fsp3) is 0.167. The van der Waals surface area contributed by atoms with Crippen molar-refractivity contribution in [2.75, 3.05) is 26.6 Å². The smallest absolute Gasteiger partial charge is 0.267 e. The van der Waals surface area contributed by atoms with E-state index < -0.39 is 6.10 Å². The molecular formula is C30H25N3O6. The lowest BCUT2D eigenvalue weighted by atomic mass is 10.1. The van der Waals surface area contributed by atoms with Gasteiger partial charge in [0, 0.05) is 34.1 Å². The highest BCUT2D eigenvalue weighted by molar-refractivity contribution is 6.19. The van der Waals surface area contributed by atoms with Crippen LogP contribution in [0.1, 0.15) is 6.92 Å². The van der Waals surface area contributed by atoms with E-state index in [0.29, 0.717) is 56.0 Å². The molecule has 0 radical (unpaired) electrons. The Morgan fingerprint density at radius 1 is 0.897 bits per heavy atom. The summed E-state index contributed by atoms with van der Waals surface area (Å²) >= 11 is 0. The fourth-order valence-corrected chi connectivity index (χ4v) is 5.08. The van der Waals surface area contributed by atoms with Gasteiger partial charge >= 0.3 is 0 Å². The van der Waals surface area contributed by atoms with Gasteiger partial charge in [-0.1, -0.05) is 6.07 Å². The molecule has 0 aliphatic heterocycles. The van der Waals surface area contributed by atoms with Crippen molar-refractivity contribution in [3.8, 4) is 23.0 Å². The number of methoxy groups -OCH3 is 3. The van der Waals surface area contributed by atoms with Crippen LogP contribution in [0, 0.1) is 0 Å². The molecule has 1 N–H and O–H groups in total. The van der Waals surface area contributed by atoms with Gasteiger partial charge in [-0.05, 0) is 55.5 Å². The molecule has 1 amide bonds. The van der Waals surface area contributed by atoms with Gasteiger partial charge in [-0.15, -0.1) is 0 Å². The van der Waals surface area contributed by atoms with Crippen molar-refractivity contribution in [3.05, 3.63) is 77.2 Å². The number of benzene rings is 3. The highest BCUT2D eigenvalue weighted by Gasteiger charge is 2.23. The summed E-state index contributed by atoms with van der Waals surface area (Å²) in [6, 6.07) is 18.0. The normalized spacial score (nSPS) is 12.2. The summed E-state index contributed by atoms with van der Waals surface area (Å²) in [7, 11) is 4.61. The van der Waals surface area contributed by atoms with Gasteiger partial charge in [-0.25, -0.2) is 0 Å². The van der Waals surface area contributed by atoms with E-state index in [2.05, 4.69) is 10.3 Å². The van der Waals surface area contributed by atoms with Gasteiger partial charge in [0.2, 0.25) is 0 Å². The molecule has 3 heterocycles. The van der Waals surface area contributed by atoms with E-state index in [4.69, 9.17) is 18.9 Å². The van der Waals surface area contributed by atoms with E-state index in [1.807, 2.05) is 24.3 Å². The number of amides is 1. The lowest BCUT2D eigenvalue weighted by molar-refractivity contribution is -0.122. The maximum absolute atomic E-state index is 13.9. The van der Waals surface area contributed by atoms with Crippen LogP contribution < -0.4 is 29.8 Å². The number of fused-ring (bicyclic) bond motifs is 5. The second-order valence-corrected chi connectivity index (χ2v) is 9.08. The summed E-state index contributed by atoms with van der Waals surface area (Å²) in [5.41, 5.74) is 2.45. The molecule has 196 valence electrons. The number of carbonyl (C=O) groups excluding carboxylic acids is 1. The number of pyridine rings is 2. The second-order valence-electron chi connectivity index (χ2n) is 9.08. The molecule has 0 aliphatic rings. The van der Waals surface area contributed by atoms with Crippen molar-refractivity contribution in [2.24, 2.45) is 0 Å². The van der Waals surface area contributed by atoms with Gasteiger partial charge < -0.3 is 24.3 Å². The number of hydrogen-bond donors (Lipinski definition) is 1. The van der Waals surface area contributed by atoms with Crippen LogP contribution >= 0.6 is 0 Å². The molecule has 1 unspecified atom stereocenters. The molecule has 39 heavy (non-hydrogen) atoms. The van der Waals surface area contributed by atoms with Crippen molar-refractivity contribution in [3.63, 3.8) is 0 Å². The van der Waals surface area contributed by atoms with Gasteiger partial charge in [0.15, 0.2) is 17.6 Å². The van der Waals surface area contributed by atoms with Gasteiger partial charge in [-0.2, -0.15) is 0 Å². The SMILES string of the molecule is COc1cccc(NC(=O)C(C)Oc2ccc3c(c2)c2ccnc4c5ccc(OC)c(OC)c5c(=O)n3c24)c1. The lowest BCUT2D eigenvalue weighted by Crippen LogP contribution is -2.30. The Morgan fingerprint density at radius 2 is 1.74 bits per heavy atom. The summed E-state index contributed by atoms with van der Waals surface area (Å²) < 4.78 is 23.9. The van der Waals surface area contributed by atoms with Crippen LogP contribution in [0.4, 0.5) is 5.69 Å². The summed E-state index contributed by atoms with van der Waals surface area (Å²) in [5.74, 6) is 1.66. The Balaban J connectivity index is 1.44. The molecule has 0 saturated heterocycles. The Kier molecular flexibility index (Phi) is 5.83. The lowest BCUT2D eigenvalue weighted by Gasteiger charge is -2.15. The van der Waals surface area contributed by atoms with Crippen molar-refractivity contribution < 1.29 is 23.7 Å². The van der Waals surface area contributed by atoms with Crippen molar-refractivity contribution in [1.29, 1.82) is 0 Å². The van der Waals surface area contributed by atoms with Gasteiger partial charge in [-0.3, -0.25) is 19.0 Å². The molecular weight excluding hydrogens is 498 g/mol. The van der Waals surface area contributed by atoms with Crippen molar-refractivity contribution in [2.45, 2.75) is 13.0 Å². The predicted octanol–water partition coefficient (Wildman–Crippen LogP) is 5.02. The Hall–Kier alpha value is -5.05. The summed E-state index contributed by atoms with van der Waals surface area (Å²) in [6.07, 6.45) is 0.938. The van der Waals surface area contributed by atoms with E-state index in [9.17, 15) is 9.59 Å². The highest BCUT2D eigenvalue weighted by atomic mass is 16.5. The molecule has 3 aromatic heterocycles. The number of ether oxygens (including phenoxy) is 4. The Bertz CT molecular complexity index is 1950. The average molecular weight is 524 g/mol. The maximum atomic E-state index is 13.9. The molecule has 3 aromatic carbocycles. The van der Waals surface area contributed by atoms with E-state index in [-0.39, 0.29) is 11.5 Å². The minimum atomic E-state index is -0.780. The minimum Gasteiger partial charge on any atom is -0.497 e. The number of rotatable bonds is 7. The van der Waals surface area contributed by atoms with Crippen LogP contribution in [0.25, 0.3) is 38.1 Å². The third-order valence-corrected chi connectivity index (χ3v) is 6.88. The fourth-order valence-electron chi connectivity index (χ4n) is 5.08. The molecule has 6 aromatic rings. The molecule has 0 bridgehead atoms. The van der Waals surface area contributed by atoms with Gasteiger partial charge in [0.05, 0.1) is 43.3 Å².